The number of aromatic nitrogens is 1. The molecule has 1 aromatic carbocycles. The monoisotopic (exact) mass is 227 g/mol. The van der Waals surface area contributed by atoms with E-state index in [2.05, 4.69) is 17.2 Å². The van der Waals surface area contributed by atoms with Crippen molar-refractivity contribution in [2.75, 3.05) is 5.32 Å². The Balaban J connectivity index is 2.21. The third-order valence-corrected chi connectivity index (χ3v) is 2.69. The van der Waals surface area contributed by atoms with Crippen LogP contribution in [-0.2, 0) is 0 Å². The van der Waals surface area contributed by atoms with Crippen LogP contribution in [0, 0.1) is 6.92 Å². The number of nitrogens with zero attached hydrogens (tertiary/aromatic N) is 1. The third kappa shape index (κ3) is 2.82. The number of hydrogen-bond acceptors (Lipinski definition) is 3. The molecule has 1 heterocycles. The number of pyridine rings is 1. The standard InChI is InChI=1S/C14H17N3/c1-10-8-14(16-9-13(10)11(2)15)17-12-6-4-3-5-7-12/h3-9,11H,15H2,1-2H3,(H,16,17)/t11-/m0/s1. The molecule has 0 spiro atoms. The van der Waals surface area contributed by atoms with E-state index in [1.807, 2.05) is 49.5 Å². The van der Waals surface area contributed by atoms with E-state index in [0.29, 0.717) is 0 Å². The number of para-hydroxylation sites is 1. The lowest BCUT2D eigenvalue weighted by atomic mass is 10.1. The summed E-state index contributed by atoms with van der Waals surface area (Å²) in [7, 11) is 0. The fourth-order valence-electron chi connectivity index (χ4n) is 1.78. The predicted octanol–water partition coefficient (Wildman–Crippen LogP) is 3.15. The van der Waals surface area contributed by atoms with Crippen LogP contribution in [0.2, 0.25) is 0 Å². The summed E-state index contributed by atoms with van der Waals surface area (Å²) in [6.45, 7) is 4.02. The molecule has 3 heteroatoms. The largest absolute Gasteiger partial charge is 0.340 e. The van der Waals surface area contributed by atoms with Crippen molar-refractivity contribution in [2.45, 2.75) is 19.9 Å². The molecule has 88 valence electrons. The van der Waals surface area contributed by atoms with Gasteiger partial charge in [-0.05, 0) is 43.2 Å². The molecule has 2 rings (SSSR count). The average molecular weight is 227 g/mol. The number of aryl methyl sites for hydroxylation is 1. The predicted molar refractivity (Wildman–Crippen MR) is 71.3 cm³/mol. The van der Waals surface area contributed by atoms with Gasteiger partial charge in [-0.15, -0.1) is 0 Å². The zero-order valence-electron chi connectivity index (χ0n) is 10.1. The maximum atomic E-state index is 5.86. The second kappa shape index (κ2) is 4.97. The van der Waals surface area contributed by atoms with Crippen LogP contribution in [0.3, 0.4) is 0 Å². The van der Waals surface area contributed by atoms with Gasteiger partial charge < -0.3 is 11.1 Å². The van der Waals surface area contributed by atoms with Crippen LogP contribution < -0.4 is 11.1 Å². The molecule has 0 fully saturated rings. The number of rotatable bonds is 3. The molecule has 0 amide bonds. The highest BCUT2D eigenvalue weighted by molar-refractivity contribution is 5.56. The summed E-state index contributed by atoms with van der Waals surface area (Å²) in [4.78, 5) is 4.36. The zero-order chi connectivity index (χ0) is 12.3. The van der Waals surface area contributed by atoms with Crippen molar-refractivity contribution in [2.24, 2.45) is 5.73 Å². The molecule has 0 aliphatic carbocycles. The van der Waals surface area contributed by atoms with Crippen LogP contribution in [0.5, 0.6) is 0 Å². The molecule has 0 bridgehead atoms. The first-order valence-corrected chi connectivity index (χ1v) is 5.71. The second-order valence-corrected chi connectivity index (χ2v) is 4.21. The highest BCUT2D eigenvalue weighted by Gasteiger charge is 2.05. The van der Waals surface area contributed by atoms with Gasteiger partial charge in [0.2, 0.25) is 0 Å². The van der Waals surface area contributed by atoms with E-state index in [1.165, 1.54) is 0 Å². The maximum absolute atomic E-state index is 5.86. The Kier molecular flexibility index (Phi) is 3.40. The molecule has 0 radical (unpaired) electrons. The summed E-state index contributed by atoms with van der Waals surface area (Å²) in [5, 5.41) is 3.26. The first-order valence-electron chi connectivity index (χ1n) is 5.71. The van der Waals surface area contributed by atoms with Gasteiger partial charge in [0.15, 0.2) is 0 Å². The number of anilines is 2. The highest BCUT2D eigenvalue weighted by Crippen LogP contribution is 2.19. The summed E-state index contributed by atoms with van der Waals surface area (Å²) in [5.74, 6) is 0.845. The van der Waals surface area contributed by atoms with Crippen molar-refractivity contribution in [3.8, 4) is 0 Å². The summed E-state index contributed by atoms with van der Waals surface area (Å²) >= 11 is 0. The minimum absolute atomic E-state index is 0.0216. The molecule has 2 aromatic rings. The number of hydrogen-bond donors (Lipinski definition) is 2. The SMILES string of the molecule is Cc1cc(Nc2ccccc2)ncc1[C@H](C)N. The normalized spacial score (nSPS) is 12.2. The van der Waals surface area contributed by atoms with Crippen molar-refractivity contribution in [1.82, 2.24) is 4.98 Å². The maximum Gasteiger partial charge on any atom is 0.130 e. The van der Waals surface area contributed by atoms with Gasteiger partial charge in [-0.1, -0.05) is 18.2 Å². The Morgan fingerprint density at radius 1 is 1.24 bits per heavy atom. The van der Waals surface area contributed by atoms with Gasteiger partial charge >= 0.3 is 0 Å². The van der Waals surface area contributed by atoms with Gasteiger partial charge in [-0.25, -0.2) is 4.98 Å². The quantitative estimate of drug-likeness (QED) is 0.846. The minimum atomic E-state index is 0.0216. The van der Waals surface area contributed by atoms with Gasteiger partial charge in [0.1, 0.15) is 5.82 Å². The molecule has 0 saturated carbocycles. The number of nitrogens with two attached hydrogens (primary N) is 1. The number of benzene rings is 1. The topological polar surface area (TPSA) is 50.9 Å². The summed E-state index contributed by atoms with van der Waals surface area (Å²) in [6.07, 6.45) is 1.84. The van der Waals surface area contributed by atoms with E-state index in [4.69, 9.17) is 5.73 Å². The van der Waals surface area contributed by atoms with E-state index >= 15 is 0 Å². The summed E-state index contributed by atoms with van der Waals surface area (Å²) in [6, 6.07) is 12.0. The van der Waals surface area contributed by atoms with Crippen LogP contribution in [0.25, 0.3) is 0 Å². The lowest BCUT2D eigenvalue weighted by Crippen LogP contribution is -2.08. The summed E-state index contributed by atoms with van der Waals surface area (Å²) in [5.41, 5.74) is 9.14. The molecular weight excluding hydrogens is 210 g/mol. The fraction of sp³-hybridized carbons (Fsp3) is 0.214. The molecule has 0 aliphatic rings. The molecule has 0 saturated heterocycles. The first-order chi connectivity index (χ1) is 8.16. The molecular formula is C14H17N3. The molecule has 0 aliphatic heterocycles. The van der Waals surface area contributed by atoms with Crippen LogP contribution >= 0.6 is 0 Å². The smallest absolute Gasteiger partial charge is 0.130 e. The van der Waals surface area contributed by atoms with E-state index in [9.17, 15) is 0 Å². The van der Waals surface area contributed by atoms with Crippen molar-refractivity contribution in [1.29, 1.82) is 0 Å². The molecule has 3 nitrogen and oxygen atoms in total. The van der Waals surface area contributed by atoms with E-state index in [-0.39, 0.29) is 6.04 Å². The fourth-order valence-corrected chi connectivity index (χ4v) is 1.78. The van der Waals surface area contributed by atoms with Crippen molar-refractivity contribution in [3.63, 3.8) is 0 Å². The van der Waals surface area contributed by atoms with Crippen molar-refractivity contribution < 1.29 is 0 Å². The van der Waals surface area contributed by atoms with Gasteiger partial charge in [-0.2, -0.15) is 0 Å². The van der Waals surface area contributed by atoms with Crippen molar-refractivity contribution in [3.05, 3.63) is 53.7 Å². The lowest BCUT2D eigenvalue weighted by Gasteiger charge is -2.11. The lowest BCUT2D eigenvalue weighted by molar-refractivity contribution is 0.803. The molecule has 0 unspecified atom stereocenters. The summed E-state index contributed by atoms with van der Waals surface area (Å²) < 4.78 is 0. The second-order valence-electron chi connectivity index (χ2n) is 4.21. The molecule has 17 heavy (non-hydrogen) atoms. The molecule has 3 N–H and O–H groups in total. The van der Waals surface area contributed by atoms with E-state index in [1.54, 1.807) is 0 Å². The van der Waals surface area contributed by atoms with Crippen LogP contribution in [0.15, 0.2) is 42.6 Å². The van der Waals surface area contributed by atoms with E-state index in [0.717, 1.165) is 22.6 Å². The van der Waals surface area contributed by atoms with Crippen LogP contribution in [0.1, 0.15) is 24.1 Å². The van der Waals surface area contributed by atoms with Gasteiger partial charge in [0.25, 0.3) is 0 Å². The Labute approximate surface area is 102 Å². The van der Waals surface area contributed by atoms with Crippen LogP contribution in [-0.4, -0.2) is 4.98 Å². The molecule has 1 aromatic heterocycles. The Hall–Kier alpha value is -1.87. The third-order valence-electron chi connectivity index (χ3n) is 2.69. The Bertz CT molecular complexity index is 492. The Morgan fingerprint density at radius 2 is 1.94 bits per heavy atom. The molecule has 1 atom stereocenters. The minimum Gasteiger partial charge on any atom is -0.340 e. The van der Waals surface area contributed by atoms with Gasteiger partial charge in [-0.3, -0.25) is 0 Å². The van der Waals surface area contributed by atoms with Crippen LogP contribution in [0.4, 0.5) is 11.5 Å². The first kappa shape index (κ1) is 11.6. The van der Waals surface area contributed by atoms with E-state index < -0.39 is 0 Å². The average Bonchev–Trinajstić information content (AvgIpc) is 2.30. The highest BCUT2D eigenvalue weighted by atomic mass is 15.0. The number of nitrogens with one attached hydrogen (secondary N) is 1. The van der Waals surface area contributed by atoms with Gasteiger partial charge in [0.05, 0.1) is 0 Å². The Morgan fingerprint density at radius 3 is 2.53 bits per heavy atom. The zero-order valence-corrected chi connectivity index (χ0v) is 10.1. The van der Waals surface area contributed by atoms with Gasteiger partial charge in [0, 0.05) is 17.9 Å². The van der Waals surface area contributed by atoms with Crippen molar-refractivity contribution >= 4 is 11.5 Å².